The van der Waals surface area contributed by atoms with Crippen LogP contribution in [0.5, 0.6) is 11.6 Å². The first-order valence-corrected chi connectivity index (χ1v) is 8.18. The summed E-state index contributed by atoms with van der Waals surface area (Å²) in [6, 6.07) is 6.15. The fourth-order valence-corrected chi connectivity index (χ4v) is 2.91. The van der Waals surface area contributed by atoms with Crippen LogP contribution < -0.4 is 4.74 Å². The quantitative estimate of drug-likeness (QED) is 0.834. The van der Waals surface area contributed by atoms with Crippen LogP contribution in [-0.4, -0.2) is 47.6 Å². The molecule has 132 valence electrons. The number of rotatable bonds is 5. The molecule has 1 aliphatic rings. The average molecular weight is 345 g/mol. The third-order valence-corrected chi connectivity index (χ3v) is 4.14. The van der Waals surface area contributed by atoms with Crippen LogP contribution in [0.25, 0.3) is 0 Å². The molecule has 0 unspecified atom stereocenters. The molecule has 1 amide bonds. The molecule has 25 heavy (non-hydrogen) atoms. The van der Waals surface area contributed by atoms with Crippen molar-refractivity contribution in [1.82, 2.24) is 14.9 Å². The second-order valence-electron chi connectivity index (χ2n) is 5.93. The Morgan fingerprint density at radius 2 is 2.20 bits per heavy atom. The van der Waals surface area contributed by atoms with E-state index in [2.05, 4.69) is 9.97 Å². The van der Waals surface area contributed by atoms with Gasteiger partial charge in [0.05, 0.1) is 11.9 Å². The van der Waals surface area contributed by atoms with Gasteiger partial charge in [0.25, 0.3) is 0 Å². The summed E-state index contributed by atoms with van der Waals surface area (Å²) in [5, 5.41) is 0. The molecule has 0 saturated carbocycles. The maximum atomic E-state index is 13.7. The van der Waals surface area contributed by atoms with Gasteiger partial charge in [-0.25, -0.2) is 9.37 Å². The van der Waals surface area contributed by atoms with Crippen LogP contribution in [0.2, 0.25) is 0 Å². The highest BCUT2D eigenvalue weighted by atomic mass is 19.1. The van der Waals surface area contributed by atoms with Crippen LogP contribution in [0, 0.1) is 5.82 Å². The molecule has 0 bridgehead atoms. The van der Waals surface area contributed by atoms with Crippen LogP contribution in [0.3, 0.4) is 0 Å². The predicted octanol–water partition coefficient (Wildman–Crippen LogP) is 2.76. The summed E-state index contributed by atoms with van der Waals surface area (Å²) in [7, 11) is 1.51. The minimum atomic E-state index is -0.455. The zero-order valence-corrected chi connectivity index (χ0v) is 14.0. The number of methoxy groups -OCH3 is 1. The molecular weight excluding hydrogens is 325 g/mol. The monoisotopic (exact) mass is 345 g/mol. The van der Waals surface area contributed by atoms with Crippen LogP contribution in [0.15, 0.2) is 36.7 Å². The number of nitrogens with zero attached hydrogens (tertiary/aromatic N) is 3. The third-order valence-electron chi connectivity index (χ3n) is 4.14. The van der Waals surface area contributed by atoms with Gasteiger partial charge in [0.15, 0.2) is 11.6 Å². The summed E-state index contributed by atoms with van der Waals surface area (Å²) in [4.78, 5) is 22.4. The molecule has 0 aliphatic carbocycles. The molecule has 1 aromatic carbocycles. The minimum absolute atomic E-state index is 0.0288. The molecule has 2 aromatic rings. The van der Waals surface area contributed by atoms with Gasteiger partial charge < -0.3 is 14.4 Å². The molecule has 3 rings (SSSR count). The fraction of sp³-hybridized carbons (Fsp3) is 0.389. The molecule has 0 radical (unpaired) electrons. The largest absolute Gasteiger partial charge is 0.434 e. The van der Waals surface area contributed by atoms with E-state index in [0.717, 1.165) is 25.1 Å². The molecule has 1 fully saturated rings. The first-order chi connectivity index (χ1) is 12.2. The van der Waals surface area contributed by atoms with Crippen molar-refractivity contribution in [2.45, 2.75) is 18.8 Å². The highest BCUT2D eigenvalue weighted by Gasteiger charge is 2.26. The van der Waals surface area contributed by atoms with Gasteiger partial charge in [0.2, 0.25) is 11.8 Å². The molecule has 1 atom stereocenters. The highest BCUT2D eigenvalue weighted by molar-refractivity contribution is 5.77. The lowest BCUT2D eigenvalue weighted by atomic mass is 9.95. The van der Waals surface area contributed by atoms with E-state index in [1.165, 1.54) is 25.4 Å². The second-order valence-corrected chi connectivity index (χ2v) is 5.93. The number of carbonyl (C=O) groups is 1. The average Bonchev–Trinajstić information content (AvgIpc) is 2.64. The van der Waals surface area contributed by atoms with Gasteiger partial charge in [-0.1, -0.05) is 12.1 Å². The Bertz CT molecular complexity index is 741. The first kappa shape index (κ1) is 17.3. The molecule has 1 aliphatic heterocycles. The van der Waals surface area contributed by atoms with Gasteiger partial charge in [-0.3, -0.25) is 9.78 Å². The number of carbonyl (C=O) groups excluding carboxylic acids is 1. The van der Waals surface area contributed by atoms with E-state index in [4.69, 9.17) is 9.47 Å². The Labute approximate surface area is 145 Å². The maximum Gasteiger partial charge on any atom is 0.248 e. The van der Waals surface area contributed by atoms with Crippen molar-refractivity contribution in [3.63, 3.8) is 0 Å². The van der Waals surface area contributed by atoms with E-state index in [0.29, 0.717) is 6.54 Å². The number of hydrogen-bond donors (Lipinski definition) is 0. The summed E-state index contributed by atoms with van der Waals surface area (Å²) < 4.78 is 24.1. The van der Waals surface area contributed by atoms with Crippen LogP contribution in [-0.2, 0) is 9.53 Å². The number of likely N-dealkylation sites (tertiary alicyclic amines) is 1. The molecular formula is C18H20FN3O3. The number of piperidine rings is 1. The molecule has 6 nitrogen and oxygen atoms in total. The lowest BCUT2D eigenvalue weighted by Crippen LogP contribution is -2.41. The summed E-state index contributed by atoms with van der Waals surface area (Å²) in [6.45, 7) is 1.37. The number of para-hydroxylation sites is 1. The van der Waals surface area contributed by atoms with E-state index < -0.39 is 5.82 Å². The normalized spacial score (nSPS) is 17.4. The van der Waals surface area contributed by atoms with Crippen molar-refractivity contribution in [2.24, 2.45) is 0 Å². The van der Waals surface area contributed by atoms with E-state index >= 15 is 0 Å². The van der Waals surface area contributed by atoms with Gasteiger partial charge in [-0.2, -0.15) is 0 Å². The van der Waals surface area contributed by atoms with Crippen LogP contribution in [0.1, 0.15) is 24.5 Å². The molecule has 1 aromatic heterocycles. The zero-order valence-electron chi connectivity index (χ0n) is 14.0. The van der Waals surface area contributed by atoms with Crippen molar-refractivity contribution in [1.29, 1.82) is 0 Å². The summed E-state index contributed by atoms with van der Waals surface area (Å²) in [6.07, 6.45) is 4.92. The van der Waals surface area contributed by atoms with Gasteiger partial charge in [0.1, 0.15) is 6.61 Å². The lowest BCUT2D eigenvalue weighted by Gasteiger charge is -2.32. The van der Waals surface area contributed by atoms with E-state index in [1.54, 1.807) is 23.2 Å². The number of aromatic nitrogens is 2. The standard InChI is InChI=1S/C18H20FN3O3/c1-24-12-18(23)22-8-4-5-13(11-22)15-9-20-10-17(21-15)25-16-7-3-2-6-14(16)19/h2-3,6-7,9-10,13H,4-5,8,11-12H2,1H3/t13-/m0/s1. The molecule has 2 heterocycles. The van der Waals surface area contributed by atoms with Crippen molar-refractivity contribution < 1.29 is 18.7 Å². The summed E-state index contributed by atoms with van der Waals surface area (Å²) >= 11 is 0. The number of halogens is 1. The Morgan fingerprint density at radius 3 is 3.00 bits per heavy atom. The van der Waals surface area contributed by atoms with Gasteiger partial charge in [-0.05, 0) is 25.0 Å². The van der Waals surface area contributed by atoms with Crippen LogP contribution in [0.4, 0.5) is 4.39 Å². The Morgan fingerprint density at radius 1 is 1.36 bits per heavy atom. The topological polar surface area (TPSA) is 64.5 Å². The Balaban J connectivity index is 1.72. The predicted molar refractivity (Wildman–Crippen MR) is 88.9 cm³/mol. The molecule has 7 heteroatoms. The van der Waals surface area contributed by atoms with Gasteiger partial charge >= 0.3 is 0 Å². The lowest BCUT2D eigenvalue weighted by molar-refractivity contribution is -0.136. The number of amides is 1. The molecule has 0 N–H and O–H groups in total. The number of hydrogen-bond acceptors (Lipinski definition) is 5. The first-order valence-electron chi connectivity index (χ1n) is 8.18. The smallest absolute Gasteiger partial charge is 0.248 e. The van der Waals surface area contributed by atoms with Gasteiger partial charge in [0, 0.05) is 32.3 Å². The number of benzene rings is 1. The SMILES string of the molecule is COCC(=O)N1CCC[C@H](c2cncc(Oc3ccccc3F)n2)C1. The minimum Gasteiger partial charge on any atom is -0.434 e. The van der Waals surface area contributed by atoms with Crippen molar-refractivity contribution in [3.05, 3.63) is 48.2 Å². The molecule has 1 saturated heterocycles. The van der Waals surface area contributed by atoms with Crippen LogP contribution >= 0.6 is 0 Å². The summed E-state index contributed by atoms with van der Waals surface area (Å²) in [5.41, 5.74) is 0.740. The second kappa shape index (κ2) is 8.02. The van der Waals surface area contributed by atoms with Crippen molar-refractivity contribution in [3.8, 4) is 11.6 Å². The summed E-state index contributed by atoms with van der Waals surface area (Å²) in [5.74, 6) is -0.0636. The maximum absolute atomic E-state index is 13.7. The van der Waals surface area contributed by atoms with Gasteiger partial charge in [-0.15, -0.1) is 0 Å². The zero-order chi connectivity index (χ0) is 17.6. The third kappa shape index (κ3) is 4.30. The Kier molecular flexibility index (Phi) is 5.55. The Hall–Kier alpha value is -2.54. The van der Waals surface area contributed by atoms with E-state index in [1.807, 2.05) is 0 Å². The van der Waals surface area contributed by atoms with E-state index in [-0.39, 0.29) is 30.1 Å². The van der Waals surface area contributed by atoms with E-state index in [9.17, 15) is 9.18 Å². The fourth-order valence-electron chi connectivity index (χ4n) is 2.91. The van der Waals surface area contributed by atoms with Crippen molar-refractivity contribution in [2.75, 3.05) is 26.8 Å². The molecule has 0 spiro atoms. The number of ether oxygens (including phenoxy) is 2. The van der Waals surface area contributed by atoms with Crippen molar-refractivity contribution >= 4 is 5.91 Å². The highest BCUT2D eigenvalue weighted by Crippen LogP contribution is 2.28.